The smallest absolute Gasteiger partial charge is 0.288 e. The van der Waals surface area contributed by atoms with Crippen LogP contribution in [0.4, 0.5) is 5.69 Å². The number of nitrogens with zero attached hydrogens (tertiary/aromatic N) is 1. The Bertz CT molecular complexity index is 897. The molecule has 2 aromatic rings. The molecule has 24 heavy (non-hydrogen) atoms. The monoisotopic (exact) mass is 369 g/mol. The van der Waals surface area contributed by atoms with Gasteiger partial charge in [0.25, 0.3) is 11.6 Å². The normalized spacial score (nSPS) is 11.1. The minimum atomic E-state index is -3.77. The van der Waals surface area contributed by atoms with Gasteiger partial charge in [-0.15, -0.1) is 0 Å². The van der Waals surface area contributed by atoms with Crippen LogP contribution in [-0.4, -0.2) is 19.2 Å². The Labute approximate surface area is 142 Å². The summed E-state index contributed by atoms with van der Waals surface area (Å²) in [5.41, 5.74) is 0.369. The van der Waals surface area contributed by atoms with Gasteiger partial charge in [-0.25, -0.2) is 13.6 Å². The Morgan fingerprint density at radius 2 is 1.83 bits per heavy atom. The lowest BCUT2D eigenvalue weighted by Crippen LogP contribution is -2.23. The van der Waals surface area contributed by atoms with Crippen molar-refractivity contribution in [2.45, 2.75) is 11.4 Å². The molecule has 0 spiro atoms. The van der Waals surface area contributed by atoms with E-state index in [1.54, 1.807) is 0 Å². The van der Waals surface area contributed by atoms with Gasteiger partial charge in [0.15, 0.2) is 0 Å². The SMILES string of the molecule is NS(=O)(=O)c1ccc(CNC(=O)c2ccc(Cl)c([N+](=O)[O-])c2)cc1. The van der Waals surface area contributed by atoms with E-state index in [1.807, 2.05) is 0 Å². The minimum absolute atomic E-state index is 0.0362. The maximum absolute atomic E-state index is 12.0. The van der Waals surface area contributed by atoms with Crippen LogP contribution in [0.2, 0.25) is 5.02 Å². The molecule has 1 amide bonds. The molecule has 126 valence electrons. The van der Waals surface area contributed by atoms with Crippen LogP contribution in [0.3, 0.4) is 0 Å². The van der Waals surface area contributed by atoms with E-state index in [1.165, 1.54) is 36.4 Å². The molecule has 10 heteroatoms. The summed E-state index contributed by atoms with van der Waals surface area (Å²) in [5, 5.41) is 18.3. The van der Waals surface area contributed by atoms with Crippen LogP contribution in [0.1, 0.15) is 15.9 Å². The van der Waals surface area contributed by atoms with Crippen molar-refractivity contribution in [1.82, 2.24) is 5.32 Å². The molecular weight excluding hydrogens is 358 g/mol. The third-order valence-electron chi connectivity index (χ3n) is 3.11. The lowest BCUT2D eigenvalue weighted by Gasteiger charge is -2.06. The molecule has 0 aliphatic rings. The summed E-state index contributed by atoms with van der Waals surface area (Å²) in [6.07, 6.45) is 0. The highest BCUT2D eigenvalue weighted by Crippen LogP contribution is 2.25. The zero-order chi connectivity index (χ0) is 17.9. The van der Waals surface area contributed by atoms with Gasteiger partial charge >= 0.3 is 0 Å². The Morgan fingerprint density at radius 3 is 2.38 bits per heavy atom. The fourth-order valence-corrected chi connectivity index (χ4v) is 2.58. The van der Waals surface area contributed by atoms with Gasteiger partial charge in [0.2, 0.25) is 10.0 Å². The average Bonchev–Trinajstić information content (AvgIpc) is 2.52. The first-order valence-corrected chi connectivity index (χ1v) is 8.45. The first kappa shape index (κ1) is 17.9. The van der Waals surface area contributed by atoms with E-state index in [0.717, 1.165) is 6.07 Å². The summed E-state index contributed by atoms with van der Waals surface area (Å²) in [5.74, 6) is -0.523. The molecule has 0 unspecified atom stereocenters. The largest absolute Gasteiger partial charge is 0.348 e. The van der Waals surface area contributed by atoms with Gasteiger partial charge in [-0.2, -0.15) is 0 Å². The number of nitro benzene ring substituents is 1. The Balaban J connectivity index is 2.08. The van der Waals surface area contributed by atoms with Gasteiger partial charge in [0.1, 0.15) is 5.02 Å². The molecule has 0 saturated heterocycles. The molecule has 0 aliphatic carbocycles. The van der Waals surface area contributed by atoms with Gasteiger partial charge in [-0.3, -0.25) is 14.9 Å². The van der Waals surface area contributed by atoms with Gasteiger partial charge in [0.05, 0.1) is 9.82 Å². The third-order valence-corrected chi connectivity index (χ3v) is 4.36. The number of nitro groups is 1. The van der Waals surface area contributed by atoms with Gasteiger partial charge in [-0.05, 0) is 29.8 Å². The van der Waals surface area contributed by atoms with Gasteiger partial charge in [-0.1, -0.05) is 23.7 Å². The molecule has 0 bridgehead atoms. The predicted molar refractivity (Wildman–Crippen MR) is 87.1 cm³/mol. The number of hydrogen-bond donors (Lipinski definition) is 2. The lowest BCUT2D eigenvalue weighted by molar-refractivity contribution is -0.384. The summed E-state index contributed by atoms with van der Waals surface area (Å²) in [7, 11) is -3.77. The van der Waals surface area contributed by atoms with Crippen molar-refractivity contribution >= 4 is 33.2 Å². The van der Waals surface area contributed by atoms with Gasteiger partial charge < -0.3 is 5.32 Å². The third kappa shape index (κ3) is 4.28. The Kier molecular flexibility index (Phi) is 5.17. The number of carbonyl (C=O) groups excluding carboxylic acids is 1. The predicted octanol–water partition coefficient (Wildman–Crippen LogP) is 1.83. The van der Waals surface area contributed by atoms with Crippen LogP contribution in [0.5, 0.6) is 0 Å². The number of carbonyl (C=O) groups is 1. The molecule has 2 aromatic carbocycles. The highest BCUT2D eigenvalue weighted by molar-refractivity contribution is 7.89. The van der Waals surface area contributed by atoms with E-state index in [2.05, 4.69) is 5.32 Å². The van der Waals surface area contributed by atoms with Crippen molar-refractivity contribution in [3.63, 3.8) is 0 Å². The zero-order valence-corrected chi connectivity index (χ0v) is 13.7. The first-order chi connectivity index (χ1) is 11.2. The molecule has 0 heterocycles. The van der Waals surface area contributed by atoms with Crippen molar-refractivity contribution in [3.05, 3.63) is 68.7 Å². The second-order valence-corrected chi connectivity index (χ2v) is 6.76. The quantitative estimate of drug-likeness (QED) is 0.612. The van der Waals surface area contributed by atoms with Crippen LogP contribution >= 0.6 is 11.6 Å². The minimum Gasteiger partial charge on any atom is -0.348 e. The van der Waals surface area contributed by atoms with E-state index >= 15 is 0 Å². The van der Waals surface area contributed by atoms with Crippen LogP contribution in [0.25, 0.3) is 0 Å². The average molecular weight is 370 g/mol. The number of nitrogens with two attached hydrogens (primary N) is 1. The topological polar surface area (TPSA) is 132 Å². The number of primary sulfonamides is 1. The number of benzene rings is 2. The van der Waals surface area contributed by atoms with E-state index < -0.39 is 20.9 Å². The number of halogens is 1. The van der Waals surface area contributed by atoms with Crippen LogP contribution in [0, 0.1) is 10.1 Å². The van der Waals surface area contributed by atoms with Crippen LogP contribution in [-0.2, 0) is 16.6 Å². The van der Waals surface area contributed by atoms with Crippen molar-refractivity contribution in [3.8, 4) is 0 Å². The van der Waals surface area contributed by atoms with E-state index in [9.17, 15) is 23.3 Å². The maximum Gasteiger partial charge on any atom is 0.288 e. The lowest BCUT2D eigenvalue weighted by atomic mass is 10.1. The standard InChI is InChI=1S/C14H12ClN3O5S/c15-12-6-3-10(7-13(12)18(20)21)14(19)17-8-9-1-4-11(5-2-9)24(16,22)23/h1-7H,8H2,(H,17,19)(H2,16,22,23). The molecule has 0 radical (unpaired) electrons. The molecule has 0 atom stereocenters. The number of hydrogen-bond acceptors (Lipinski definition) is 5. The Morgan fingerprint density at radius 1 is 1.21 bits per heavy atom. The first-order valence-electron chi connectivity index (χ1n) is 6.52. The molecule has 0 fully saturated rings. The summed E-state index contributed by atoms with van der Waals surface area (Å²) < 4.78 is 22.3. The van der Waals surface area contributed by atoms with Crippen molar-refractivity contribution in [2.24, 2.45) is 5.14 Å². The van der Waals surface area contributed by atoms with E-state index in [0.29, 0.717) is 5.56 Å². The van der Waals surface area contributed by atoms with E-state index in [4.69, 9.17) is 16.7 Å². The molecule has 0 aliphatic heterocycles. The Hall–Kier alpha value is -2.49. The fourth-order valence-electron chi connectivity index (χ4n) is 1.88. The van der Waals surface area contributed by atoms with Crippen molar-refractivity contribution in [1.29, 1.82) is 0 Å². The summed E-state index contributed by atoms with van der Waals surface area (Å²) in [6.45, 7) is 0.111. The number of sulfonamides is 1. The molecule has 8 nitrogen and oxygen atoms in total. The molecule has 0 aromatic heterocycles. The summed E-state index contributed by atoms with van der Waals surface area (Å²) >= 11 is 5.69. The van der Waals surface area contributed by atoms with Crippen LogP contribution in [0.15, 0.2) is 47.4 Å². The molecule has 2 rings (SSSR count). The zero-order valence-electron chi connectivity index (χ0n) is 12.1. The second kappa shape index (κ2) is 6.95. The maximum atomic E-state index is 12.0. The molecule has 0 saturated carbocycles. The second-order valence-electron chi connectivity index (χ2n) is 4.79. The highest BCUT2D eigenvalue weighted by Gasteiger charge is 2.16. The number of nitrogens with one attached hydrogen (secondary N) is 1. The summed E-state index contributed by atoms with van der Waals surface area (Å²) in [6, 6.07) is 9.38. The van der Waals surface area contributed by atoms with E-state index in [-0.39, 0.29) is 27.7 Å². The number of amides is 1. The molecular formula is C14H12ClN3O5S. The van der Waals surface area contributed by atoms with Crippen LogP contribution < -0.4 is 10.5 Å². The molecule has 3 N–H and O–H groups in total. The highest BCUT2D eigenvalue weighted by atomic mass is 35.5. The van der Waals surface area contributed by atoms with Crippen molar-refractivity contribution in [2.75, 3.05) is 0 Å². The number of rotatable bonds is 5. The van der Waals surface area contributed by atoms with Crippen molar-refractivity contribution < 1.29 is 18.1 Å². The summed E-state index contributed by atoms with van der Waals surface area (Å²) in [4.78, 5) is 22.1. The fraction of sp³-hybridized carbons (Fsp3) is 0.0714. The van der Waals surface area contributed by atoms with Gasteiger partial charge in [0, 0.05) is 18.2 Å².